The molecule has 0 bridgehead atoms. The van der Waals surface area contributed by atoms with Crippen LogP contribution in [0.5, 0.6) is 0 Å². The summed E-state index contributed by atoms with van der Waals surface area (Å²) in [4.78, 5) is 0. The molecule has 0 unspecified atom stereocenters. The van der Waals surface area contributed by atoms with Crippen LogP contribution in [0.1, 0.15) is 25.8 Å². The molecule has 0 aliphatic heterocycles. The molecular formula is C12H17F2N. The van der Waals surface area contributed by atoms with Gasteiger partial charge in [0.1, 0.15) is 0 Å². The Morgan fingerprint density at radius 1 is 1.20 bits per heavy atom. The Balaban J connectivity index is 2.62. The summed E-state index contributed by atoms with van der Waals surface area (Å²) in [6, 6.07) is 4.03. The molecular weight excluding hydrogens is 196 g/mol. The molecule has 0 heterocycles. The monoisotopic (exact) mass is 213 g/mol. The molecule has 0 aliphatic carbocycles. The van der Waals surface area contributed by atoms with Crippen molar-refractivity contribution >= 4 is 0 Å². The Labute approximate surface area is 89.3 Å². The van der Waals surface area contributed by atoms with Crippen molar-refractivity contribution in [2.24, 2.45) is 11.1 Å². The summed E-state index contributed by atoms with van der Waals surface area (Å²) in [5, 5.41) is 0. The lowest BCUT2D eigenvalue weighted by Gasteiger charge is -2.21. The van der Waals surface area contributed by atoms with E-state index < -0.39 is 11.6 Å². The highest BCUT2D eigenvalue weighted by atomic mass is 19.2. The minimum absolute atomic E-state index is 0.0465. The molecule has 0 saturated carbocycles. The SMILES string of the molecule is CC(C)(CN)CCc1ccc(F)c(F)c1. The lowest BCUT2D eigenvalue weighted by molar-refractivity contribution is 0.347. The maximum Gasteiger partial charge on any atom is 0.159 e. The second-order valence-corrected chi connectivity index (χ2v) is 4.62. The van der Waals surface area contributed by atoms with E-state index in [4.69, 9.17) is 5.73 Å². The average Bonchev–Trinajstić information content (AvgIpc) is 2.20. The van der Waals surface area contributed by atoms with Gasteiger partial charge in [-0.1, -0.05) is 19.9 Å². The van der Waals surface area contributed by atoms with E-state index in [1.807, 2.05) is 0 Å². The predicted octanol–water partition coefficient (Wildman–Crippen LogP) is 2.88. The van der Waals surface area contributed by atoms with Gasteiger partial charge in [0.15, 0.2) is 11.6 Å². The molecule has 0 atom stereocenters. The fourth-order valence-corrected chi connectivity index (χ4v) is 1.28. The molecule has 15 heavy (non-hydrogen) atoms. The Bertz CT molecular complexity index is 334. The fourth-order valence-electron chi connectivity index (χ4n) is 1.28. The third-order valence-corrected chi connectivity index (χ3v) is 2.63. The topological polar surface area (TPSA) is 26.0 Å². The quantitative estimate of drug-likeness (QED) is 0.817. The van der Waals surface area contributed by atoms with Crippen LogP contribution in [0.2, 0.25) is 0 Å². The average molecular weight is 213 g/mol. The zero-order chi connectivity index (χ0) is 11.5. The van der Waals surface area contributed by atoms with Crippen LogP contribution in [-0.2, 0) is 6.42 Å². The van der Waals surface area contributed by atoms with Crippen molar-refractivity contribution in [2.45, 2.75) is 26.7 Å². The first kappa shape index (κ1) is 12.1. The number of benzene rings is 1. The molecule has 0 saturated heterocycles. The predicted molar refractivity (Wildman–Crippen MR) is 57.5 cm³/mol. The minimum atomic E-state index is -0.795. The van der Waals surface area contributed by atoms with Crippen LogP contribution in [0.4, 0.5) is 8.78 Å². The van der Waals surface area contributed by atoms with Gasteiger partial charge in [-0.25, -0.2) is 8.78 Å². The molecule has 1 aromatic rings. The highest BCUT2D eigenvalue weighted by Gasteiger charge is 2.15. The lowest BCUT2D eigenvalue weighted by atomic mass is 9.86. The van der Waals surface area contributed by atoms with Crippen LogP contribution < -0.4 is 5.73 Å². The zero-order valence-corrected chi connectivity index (χ0v) is 9.19. The van der Waals surface area contributed by atoms with Gasteiger partial charge in [0.05, 0.1) is 0 Å². The zero-order valence-electron chi connectivity index (χ0n) is 9.19. The van der Waals surface area contributed by atoms with Gasteiger partial charge in [-0.05, 0) is 42.5 Å². The number of halogens is 2. The number of hydrogen-bond acceptors (Lipinski definition) is 1. The Morgan fingerprint density at radius 3 is 2.40 bits per heavy atom. The van der Waals surface area contributed by atoms with E-state index in [1.165, 1.54) is 12.1 Å². The minimum Gasteiger partial charge on any atom is -0.330 e. The second kappa shape index (κ2) is 4.71. The highest BCUT2D eigenvalue weighted by Crippen LogP contribution is 2.21. The van der Waals surface area contributed by atoms with Gasteiger partial charge in [-0.15, -0.1) is 0 Å². The summed E-state index contributed by atoms with van der Waals surface area (Å²) in [5.41, 5.74) is 6.45. The molecule has 0 aromatic heterocycles. The van der Waals surface area contributed by atoms with Crippen LogP contribution in [0.3, 0.4) is 0 Å². The van der Waals surface area contributed by atoms with Gasteiger partial charge in [0.2, 0.25) is 0 Å². The third-order valence-electron chi connectivity index (χ3n) is 2.63. The molecule has 1 rings (SSSR count). The van der Waals surface area contributed by atoms with Crippen molar-refractivity contribution in [2.75, 3.05) is 6.54 Å². The van der Waals surface area contributed by atoms with Crippen molar-refractivity contribution in [3.63, 3.8) is 0 Å². The van der Waals surface area contributed by atoms with Crippen LogP contribution in [-0.4, -0.2) is 6.54 Å². The number of nitrogens with two attached hydrogens (primary N) is 1. The Morgan fingerprint density at radius 2 is 1.87 bits per heavy atom. The first-order valence-electron chi connectivity index (χ1n) is 5.08. The van der Waals surface area contributed by atoms with Gasteiger partial charge in [0.25, 0.3) is 0 Å². The molecule has 84 valence electrons. The molecule has 0 fully saturated rings. The smallest absolute Gasteiger partial charge is 0.159 e. The number of hydrogen-bond donors (Lipinski definition) is 1. The number of aryl methyl sites for hydroxylation is 1. The van der Waals surface area contributed by atoms with Gasteiger partial charge < -0.3 is 5.73 Å². The standard InChI is InChI=1S/C12H17F2N/c1-12(2,8-15)6-5-9-3-4-10(13)11(14)7-9/h3-4,7H,5-6,8,15H2,1-2H3. The largest absolute Gasteiger partial charge is 0.330 e. The van der Waals surface area contributed by atoms with Crippen LogP contribution in [0.25, 0.3) is 0 Å². The summed E-state index contributed by atoms with van der Waals surface area (Å²) in [6.07, 6.45) is 1.59. The Kier molecular flexibility index (Phi) is 3.80. The summed E-state index contributed by atoms with van der Waals surface area (Å²) >= 11 is 0. The fraction of sp³-hybridized carbons (Fsp3) is 0.500. The van der Waals surface area contributed by atoms with E-state index in [2.05, 4.69) is 13.8 Å². The van der Waals surface area contributed by atoms with Crippen LogP contribution in [0.15, 0.2) is 18.2 Å². The summed E-state index contributed by atoms with van der Waals surface area (Å²) in [6.45, 7) is 4.72. The molecule has 0 spiro atoms. The summed E-state index contributed by atoms with van der Waals surface area (Å²) in [7, 11) is 0. The summed E-state index contributed by atoms with van der Waals surface area (Å²) in [5.74, 6) is -1.57. The number of rotatable bonds is 4. The van der Waals surface area contributed by atoms with Crippen LogP contribution >= 0.6 is 0 Å². The van der Waals surface area contributed by atoms with Gasteiger partial charge >= 0.3 is 0 Å². The maximum atomic E-state index is 12.9. The first-order chi connectivity index (χ1) is 6.94. The van der Waals surface area contributed by atoms with Crippen LogP contribution in [0, 0.1) is 17.0 Å². The molecule has 3 heteroatoms. The molecule has 0 amide bonds. The van der Waals surface area contributed by atoms with E-state index in [0.29, 0.717) is 6.54 Å². The van der Waals surface area contributed by atoms with Crippen molar-refractivity contribution in [1.29, 1.82) is 0 Å². The molecule has 1 aromatic carbocycles. The Hall–Kier alpha value is -0.960. The van der Waals surface area contributed by atoms with E-state index >= 15 is 0 Å². The van der Waals surface area contributed by atoms with E-state index in [9.17, 15) is 8.78 Å². The highest BCUT2D eigenvalue weighted by molar-refractivity contribution is 5.18. The maximum absolute atomic E-state index is 12.9. The molecule has 1 nitrogen and oxygen atoms in total. The second-order valence-electron chi connectivity index (χ2n) is 4.62. The van der Waals surface area contributed by atoms with Gasteiger partial charge in [-0.3, -0.25) is 0 Å². The molecule has 0 radical (unpaired) electrons. The van der Waals surface area contributed by atoms with Crippen molar-refractivity contribution in [3.05, 3.63) is 35.4 Å². The third kappa shape index (κ3) is 3.59. The first-order valence-corrected chi connectivity index (χ1v) is 5.08. The van der Waals surface area contributed by atoms with Gasteiger partial charge in [0, 0.05) is 0 Å². The van der Waals surface area contributed by atoms with Crippen molar-refractivity contribution in [3.8, 4) is 0 Å². The van der Waals surface area contributed by atoms with Crippen molar-refractivity contribution in [1.82, 2.24) is 0 Å². The van der Waals surface area contributed by atoms with E-state index in [-0.39, 0.29) is 5.41 Å². The molecule has 0 aliphatic rings. The van der Waals surface area contributed by atoms with Crippen molar-refractivity contribution < 1.29 is 8.78 Å². The van der Waals surface area contributed by atoms with E-state index in [0.717, 1.165) is 18.4 Å². The lowest BCUT2D eigenvalue weighted by Crippen LogP contribution is -2.24. The van der Waals surface area contributed by atoms with E-state index in [1.54, 1.807) is 6.07 Å². The normalized spacial score (nSPS) is 11.8. The molecule has 2 N–H and O–H groups in total. The van der Waals surface area contributed by atoms with Gasteiger partial charge in [-0.2, -0.15) is 0 Å². The summed E-state index contributed by atoms with van der Waals surface area (Å²) < 4.78 is 25.5.